The number of fused-ring (bicyclic) bond motifs is 1. The van der Waals surface area contributed by atoms with Gasteiger partial charge in [0.2, 0.25) is 10.0 Å². The average Bonchev–Trinajstić information content (AvgIpc) is 3.03. The third kappa shape index (κ3) is 3.58. The van der Waals surface area contributed by atoms with Crippen molar-refractivity contribution in [2.45, 2.75) is 17.4 Å². The maximum Gasteiger partial charge on any atom is 0.242 e. The van der Waals surface area contributed by atoms with Crippen LogP contribution in [-0.4, -0.2) is 45.5 Å². The molecule has 7 heteroatoms. The Morgan fingerprint density at radius 1 is 1.33 bits per heavy atom. The molecule has 1 unspecified atom stereocenters. The van der Waals surface area contributed by atoms with Crippen molar-refractivity contribution in [3.63, 3.8) is 0 Å². The number of hydrogen-bond acceptors (Lipinski definition) is 5. The van der Waals surface area contributed by atoms with Gasteiger partial charge in [-0.2, -0.15) is 0 Å². The van der Waals surface area contributed by atoms with Gasteiger partial charge >= 0.3 is 0 Å². The third-order valence-corrected chi connectivity index (χ3v) is 5.54. The summed E-state index contributed by atoms with van der Waals surface area (Å²) in [5, 5.41) is 0. The van der Waals surface area contributed by atoms with E-state index in [1.54, 1.807) is 12.3 Å². The van der Waals surface area contributed by atoms with Gasteiger partial charge in [-0.25, -0.2) is 13.1 Å². The Kier molecular flexibility index (Phi) is 4.84. The van der Waals surface area contributed by atoms with Gasteiger partial charge in [-0.1, -0.05) is 12.1 Å². The summed E-state index contributed by atoms with van der Waals surface area (Å²) < 4.78 is 33.0. The number of ether oxygens (including phenoxy) is 1. The van der Waals surface area contributed by atoms with Gasteiger partial charge in [0, 0.05) is 31.4 Å². The third-order valence-electron chi connectivity index (χ3n) is 4.13. The molecule has 1 aliphatic rings. The minimum Gasteiger partial charge on any atom is -0.493 e. The first-order chi connectivity index (χ1) is 11.5. The minimum atomic E-state index is -3.57. The largest absolute Gasteiger partial charge is 0.493 e. The number of sulfonamides is 1. The molecule has 2 aromatic rings. The number of rotatable bonds is 6. The van der Waals surface area contributed by atoms with E-state index in [9.17, 15) is 8.42 Å². The van der Waals surface area contributed by atoms with Crippen molar-refractivity contribution in [2.24, 2.45) is 0 Å². The van der Waals surface area contributed by atoms with Crippen molar-refractivity contribution in [2.75, 3.05) is 27.2 Å². The van der Waals surface area contributed by atoms with Crippen LogP contribution in [0.1, 0.15) is 17.2 Å². The van der Waals surface area contributed by atoms with Crippen molar-refractivity contribution in [3.05, 3.63) is 53.9 Å². The van der Waals surface area contributed by atoms with E-state index in [2.05, 4.69) is 15.8 Å². The fraction of sp³-hybridized carbons (Fsp3) is 0.353. The summed E-state index contributed by atoms with van der Waals surface area (Å²) in [7, 11) is 0.302. The summed E-state index contributed by atoms with van der Waals surface area (Å²) in [6.07, 6.45) is 3.79. The lowest BCUT2D eigenvalue weighted by Gasteiger charge is -2.25. The van der Waals surface area contributed by atoms with Crippen LogP contribution in [0.5, 0.6) is 5.75 Å². The summed E-state index contributed by atoms with van der Waals surface area (Å²) in [5.74, 6) is 0.923. The summed E-state index contributed by atoms with van der Waals surface area (Å²) in [6.45, 7) is 0.989. The van der Waals surface area contributed by atoms with Gasteiger partial charge in [-0.15, -0.1) is 0 Å². The number of nitrogens with zero attached hydrogens (tertiary/aromatic N) is 2. The standard InChI is InChI=1S/C17H21N3O3S/c1-20(2)16(13-5-6-17-14(10-13)7-9-23-17)12-19-24(21,22)15-4-3-8-18-11-15/h3-6,8,10-11,16,19H,7,9,12H2,1-2H3. The molecule has 24 heavy (non-hydrogen) atoms. The molecule has 0 spiro atoms. The normalized spacial score (nSPS) is 15.1. The Bertz CT molecular complexity index is 807. The summed E-state index contributed by atoms with van der Waals surface area (Å²) >= 11 is 0. The molecule has 0 radical (unpaired) electrons. The smallest absolute Gasteiger partial charge is 0.242 e. The van der Waals surface area contributed by atoms with Crippen LogP contribution in [0.4, 0.5) is 0 Å². The fourth-order valence-corrected chi connectivity index (χ4v) is 3.79. The SMILES string of the molecule is CN(C)C(CNS(=O)(=O)c1cccnc1)c1ccc2c(c1)CCO2. The van der Waals surface area contributed by atoms with Crippen LogP contribution in [0.15, 0.2) is 47.6 Å². The molecule has 3 rings (SSSR count). The summed E-state index contributed by atoms with van der Waals surface area (Å²) in [4.78, 5) is 6.04. The zero-order chi connectivity index (χ0) is 17.2. The molecule has 1 aromatic heterocycles. The number of aromatic nitrogens is 1. The number of nitrogens with one attached hydrogen (secondary N) is 1. The Labute approximate surface area is 142 Å². The first-order valence-electron chi connectivity index (χ1n) is 7.79. The van der Waals surface area contributed by atoms with Crippen molar-refractivity contribution < 1.29 is 13.2 Å². The van der Waals surface area contributed by atoms with Gasteiger partial charge < -0.3 is 9.64 Å². The van der Waals surface area contributed by atoms with Crippen molar-refractivity contribution in [1.82, 2.24) is 14.6 Å². The molecule has 1 atom stereocenters. The van der Waals surface area contributed by atoms with Crippen molar-refractivity contribution >= 4 is 10.0 Å². The van der Waals surface area contributed by atoms with E-state index in [0.29, 0.717) is 6.61 Å². The van der Waals surface area contributed by atoms with Crippen molar-refractivity contribution in [3.8, 4) is 5.75 Å². The van der Waals surface area contributed by atoms with E-state index in [0.717, 1.165) is 17.7 Å². The molecule has 0 amide bonds. The number of likely N-dealkylation sites (N-methyl/N-ethyl adjacent to an activating group) is 1. The van der Waals surface area contributed by atoms with Crippen LogP contribution in [0.25, 0.3) is 0 Å². The second kappa shape index (κ2) is 6.88. The van der Waals surface area contributed by atoms with E-state index in [1.165, 1.54) is 17.8 Å². The molecule has 128 valence electrons. The number of benzene rings is 1. The predicted molar refractivity (Wildman–Crippen MR) is 91.5 cm³/mol. The van der Waals surface area contributed by atoms with E-state index in [4.69, 9.17) is 4.74 Å². The molecule has 0 bridgehead atoms. The first-order valence-corrected chi connectivity index (χ1v) is 9.27. The summed E-state index contributed by atoms with van der Waals surface area (Å²) in [6, 6.07) is 9.13. The van der Waals surface area contributed by atoms with Crippen LogP contribution < -0.4 is 9.46 Å². The van der Waals surface area contributed by atoms with Crippen LogP contribution in [0.2, 0.25) is 0 Å². The van der Waals surface area contributed by atoms with E-state index < -0.39 is 10.0 Å². The van der Waals surface area contributed by atoms with Crippen LogP contribution in [0.3, 0.4) is 0 Å². The lowest BCUT2D eigenvalue weighted by atomic mass is 10.0. The highest BCUT2D eigenvalue weighted by atomic mass is 32.2. The average molecular weight is 347 g/mol. The highest BCUT2D eigenvalue weighted by molar-refractivity contribution is 7.89. The molecular weight excluding hydrogens is 326 g/mol. The molecule has 0 saturated carbocycles. The van der Waals surface area contributed by atoms with E-state index in [1.807, 2.05) is 31.1 Å². The second-order valence-electron chi connectivity index (χ2n) is 5.99. The molecule has 0 saturated heterocycles. The molecule has 1 aliphatic heterocycles. The highest BCUT2D eigenvalue weighted by Crippen LogP contribution is 2.29. The van der Waals surface area contributed by atoms with Gasteiger partial charge in [-0.05, 0) is 43.4 Å². The van der Waals surface area contributed by atoms with Gasteiger partial charge in [0.25, 0.3) is 0 Å². The number of hydrogen-bond donors (Lipinski definition) is 1. The topological polar surface area (TPSA) is 71.5 Å². The first kappa shape index (κ1) is 16.9. The van der Waals surface area contributed by atoms with Gasteiger partial charge in [0.15, 0.2) is 0 Å². The van der Waals surface area contributed by atoms with Crippen LogP contribution >= 0.6 is 0 Å². The molecule has 1 N–H and O–H groups in total. The molecule has 2 heterocycles. The number of pyridine rings is 1. The van der Waals surface area contributed by atoms with E-state index >= 15 is 0 Å². The Balaban J connectivity index is 1.78. The van der Waals surface area contributed by atoms with Gasteiger partial charge in [0.1, 0.15) is 10.6 Å². The molecule has 6 nitrogen and oxygen atoms in total. The lowest BCUT2D eigenvalue weighted by molar-refractivity contribution is 0.299. The Hall–Kier alpha value is -1.96. The zero-order valence-electron chi connectivity index (χ0n) is 13.8. The zero-order valence-corrected chi connectivity index (χ0v) is 14.6. The summed E-state index contributed by atoms with van der Waals surface area (Å²) in [5.41, 5.74) is 2.24. The second-order valence-corrected chi connectivity index (χ2v) is 7.75. The predicted octanol–water partition coefficient (Wildman–Crippen LogP) is 1.60. The van der Waals surface area contributed by atoms with Gasteiger partial charge in [-0.3, -0.25) is 4.98 Å². The fourth-order valence-electron chi connectivity index (χ4n) is 2.79. The maximum atomic E-state index is 12.4. The van der Waals surface area contributed by atoms with Crippen LogP contribution in [-0.2, 0) is 16.4 Å². The molecule has 1 aromatic carbocycles. The Morgan fingerprint density at radius 3 is 2.88 bits per heavy atom. The molecular formula is C17H21N3O3S. The van der Waals surface area contributed by atoms with Crippen molar-refractivity contribution in [1.29, 1.82) is 0 Å². The van der Waals surface area contributed by atoms with E-state index in [-0.39, 0.29) is 17.5 Å². The Morgan fingerprint density at radius 2 is 2.17 bits per heavy atom. The van der Waals surface area contributed by atoms with Crippen LogP contribution in [0, 0.1) is 0 Å². The van der Waals surface area contributed by atoms with Gasteiger partial charge in [0.05, 0.1) is 6.61 Å². The molecule has 0 aliphatic carbocycles. The lowest BCUT2D eigenvalue weighted by Crippen LogP contribution is -2.34. The highest BCUT2D eigenvalue weighted by Gasteiger charge is 2.21. The molecule has 0 fully saturated rings. The monoisotopic (exact) mass is 347 g/mol. The maximum absolute atomic E-state index is 12.4. The minimum absolute atomic E-state index is 0.0673. The quantitative estimate of drug-likeness (QED) is 0.859.